The van der Waals surface area contributed by atoms with Gasteiger partial charge in [-0.05, 0) is 11.1 Å². The second kappa shape index (κ2) is 8.32. The van der Waals surface area contributed by atoms with Crippen molar-refractivity contribution in [1.82, 2.24) is 0 Å². The highest BCUT2D eigenvalue weighted by Gasteiger charge is 2.04. The van der Waals surface area contributed by atoms with Crippen molar-refractivity contribution in [3.63, 3.8) is 0 Å². The first-order valence-electron chi connectivity index (χ1n) is 6.24. The third-order valence-electron chi connectivity index (χ3n) is 2.58. The second-order valence-electron chi connectivity index (χ2n) is 4.21. The second-order valence-corrected chi connectivity index (χ2v) is 4.21. The highest BCUT2D eigenvalue weighted by Crippen LogP contribution is 2.10. The molecule has 2 aromatic carbocycles. The number of hydrogen-bond acceptors (Lipinski definition) is 2. The van der Waals surface area contributed by atoms with Crippen molar-refractivity contribution in [2.75, 3.05) is 0 Å². The molecule has 0 radical (unpaired) electrons. The Bertz CT molecular complexity index is 603. The van der Waals surface area contributed by atoms with Crippen LogP contribution >= 0.6 is 0 Å². The highest BCUT2D eigenvalue weighted by molar-refractivity contribution is 6.14. The summed E-state index contributed by atoms with van der Waals surface area (Å²) < 4.78 is 0. The van der Waals surface area contributed by atoms with E-state index < -0.39 is 11.9 Å². The zero-order valence-electron chi connectivity index (χ0n) is 11.4. The number of carboxylic acids is 2. The number of hydrogen-bond donors (Lipinski definition) is 2. The van der Waals surface area contributed by atoms with Crippen LogP contribution in [0.4, 0.5) is 0 Å². The molecule has 0 spiro atoms. The fraction of sp³-hybridized carbons (Fsp3) is 0.0588. The molecule has 2 N–H and O–H groups in total. The Labute approximate surface area is 123 Å². The fourth-order valence-corrected chi connectivity index (χ4v) is 1.53. The zero-order valence-corrected chi connectivity index (χ0v) is 11.4. The Hall–Kier alpha value is -2.88. The van der Waals surface area contributed by atoms with Gasteiger partial charge in [0.15, 0.2) is 0 Å². The van der Waals surface area contributed by atoms with Gasteiger partial charge in [0.2, 0.25) is 0 Å². The van der Waals surface area contributed by atoms with Gasteiger partial charge in [0, 0.05) is 0 Å². The van der Waals surface area contributed by atoms with Gasteiger partial charge in [-0.25, -0.2) is 4.79 Å². The summed E-state index contributed by atoms with van der Waals surface area (Å²) in [4.78, 5) is 20.6. The van der Waals surface area contributed by atoms with Gasteiger partial charge in [-0.3, -0.25) is 4.79 Å². The van der Waals surface area contributed by atoms with Crippen molar-refractivity contribution in [3.05, 3.63) is 78.4 Å². The van der Waals surface area contributed by atoms with Gasteiger partial charge in [0.25, 0.3) is 0 Å². The summed E-state index contributed by atoms with van der Waals surface area (Å²) in [5.41, 5.74) is 1.63. The van der Waals surface area contributed by atoms with Crippen molar-refractivity contribution in [3.8, 4) is 0 Å². The molecule has 4 heteroatoms. The van der Waals surface area contributed by atoms with E-state index in [2.05, 4.69) is 6.58 Å². The van der Waals surface area contributed by atoms with Crippen LogP contribution < -0.4 is 0 Å². The van der Waals surface area contributed by atoms with Crippen LogP contribution in [0.5, 0.6) is 0 Å². The van der Waals surface area contributed by atoms with Crippen LogP contribution in [0, 0.1) is 0 Å². The molecule has 2 aromatic rings. The van der Waals surface area contributed by atoms with E-state index in [1.807, 2.05) is 24.3 Å². The lowest BCUT2D eigenvalue weighted by Gasteiger charge is -1.97. The van der Waals surface area contributed by atoms with E-state index in [1.165, 1.54) is 0 Å². The molecule has 4 nitrogen and oxygen atoms in total. The summed E-state index contributed by atoms with van der Waals surface area (Å²) in [7, 11) is 0. The molecule has 0 saturated heterocycles. The van der Waals surface area contributed by atoms with Crippen LogP contribution in [0.25, 0.3) is 5.57 Å². The average molecular weight is 284 g/mol. The predicted molar refractivity (Wildman–Crippen MR) is 80.9 cm³/mol. The Morgan fingerprint density at radius 2 is 1.33 bits per heavy atom. The van der Waals surface area contributed by atoms with Crippen molar-refractivity contribution >= 4 is 17.5 Å². The maximum atomic E-state index is 10.4. The Balaban J connectivity index is 0.000000211. The van der Waals surface area contributed by atoms with Crippen molar-refractivity contribution < 1.29 is 19.8 Å². The molecule has 0 unspecified atom stereocenters. The Kier molecular flexibility index (Phi) is 6.41. The van der Waals surface area contributed by atoms with E-state index in [4.69, 9.17) is 10.2 Å². The molecule has 0 amide bonds. The fourth-order valence-electron chi connectivity index (χ4n) is 1.53. The monoisotopic (exact) mass is 284 g/mol. The van der Waals surface area contributed by atoms with E-state index in [0.717, 1.165) is 5.56 Å². The number of carbonyl (C=O) groups is 2. The molecule has 0 fully saturated rings. The summed E-state index contributed by atoms with van der Waals surface area (Å²) in [6.07, 6.45) is 0.112. The predicted octanol–water partition coefficient (Wildman–Crippen LogP) is 3.10. The Morgan fingerprint density at radius 1 is 0.857 bits per heavy atom. The maximum Gasteiger partial charge on any atom is 0.335 e. The first-order valence-corrected chi connectivity index (χ1v) is 6.24. The van der Waals surface area contributed by atoms with Gasteiger partial charge >= 0.3 is 11.9 Å². The summed E-state index contributed by atoms with van der Waals surface area (Å²) in [5, 5.41) is 16.9. The molecule has 0 aliphatic rings. The van der Waals surface area contributed by atoms with E-state index in [0.29, 0.717) is 5.56 Å². The first kappa shape index (κ1) is 16.2. The van der Waals surface area contributed by atoms with Gasteiger partial charge in [-0.15, -0.1) is 0 Å². The highest BCUT2D eigenvalue weighted by atomic mass is 16.4. The smallest absolute Gasteiger partial charge is 0.335 e. The topological polar surface area (TPSA) is 74.6 Å². The lowest BCUT2D eigenvalue weighted by molar-refractivity contribution is -0.136. The van der Waals surface area contributed by atoms with Crippen molar-refractivity contribution in [2.24, 2.45) is 0 Å². The number of benzene rings is 2. The van der Waals surface area contributed by atoms with E-state index in [1.54, 1.807) is 36.4 Å². The SMILES string of the molecule is C=C(C(=O)O)c1ccccc1.O=C(O)Cc1ccccc1. The lowest BCUT2D eigenvalue weighted by atomic mass is 10.1. The van der Waals surface area contributed by atoms with Crippen LogP contribution in [-0.4, -0.2) is 22.2 Å². The van der Waals surface area contributed by atoms with E-state index >= 15 is 0 Å². The number of aliphatic carboxylic acids is 2. The minimum absolute atomic E-state index is 0.112. The van der Waals surface area contributed by atoms with Gasteiger partial charge in [-0.2, -0.15) is 0 Å². The van der Waals surface area contributed by atoms with Crippen molar-refractivity contribution in [2.45, 2.75) is 6.42 Å². The van der Waals surface area contributed by atoms with Gasteiger partial charge < -0.3 is 10.2 Å². The molecule has 0 aliphatic carbocycles. The molecule has 21 heavy (non-hydrogen) atoms. The molecule has 0 aliphatic heterocycles. The van der Waals surface area contributed by atoms with Crippen LogP contribution in [0.1, 0.15) is 11.1 Å². The third-order valence-corrected chi connectivity index (χ3v) is 2.58. The van der Waals surface area contributed by atoms with Gasteiger partial charge in [-0.1, -0.05) is 67.2 Å². The molecule has 0 atom stereocenters. The summed E-state index contributed by atoms with van der Waals surface area (Å²) >= 11 is 0. The van der Waals surface area contributed by atoms with E-state index in [9.17, 15) is 9.59 Å². The maximum absolute atomic E-state index is 10.4. The Morgan fingerprint density at radius 3 is 1.76 bits per heavy atom. The minimum Gasteiger partial charge on any atom is -0.481 e. The summed E-state index contributed by atoms with van der Waals surface area (Å²) in [5.74, 6) is -1.76. The normalized spacial score (nSPS) is 9.14. The minimum atomic E-state index is -0.976. The average Bonchev–Trinajstić information content (AvgIpc) is 2.48. The van der Waals surface area contributed by atoms with Crippen LogP contribution in [0.2, 0.25) is 0 Å². The van der Waals surface area contributed by atoms with E-state index in [-0.39, 0.29) is 12.0 Å². The molecule has 0 heterocycles. The van der Waals surface area contributed by atoms with Crippen LogP contribution in [0.15, 0.2) is 67.2 Å². The first-order chi connectivity index (χ1) is 10.0. The molecule has 0 aromatic heterocycles. The zero-order chi connectivity index (χ0) is 15.7. The summed E-state index contributed by atoms with van der Waals surface area (Å²) in [6, 6.07) is 18.0. The molecule has 108 valence electrons. The molecule has 2 rings (SSSR count). The lowest BCUT2D eigenvalue weighted by Crippen LogP contribution is -1.98. The third kappa shape index (κ3) is 6.20. The molecular weight excluding hydrogens is 268 g/mol. The van der Waals surface area contributed by atoms with Crippen molar-refractivity contribution in [1.29, 1.82) is 0 Å². The summed E-state index contributed by atoms with van der Waals surface area (Å²) in [6.45, 7) is 3.42. The van der Waals surface area contributed by atoms with Crippen LogP contribution in [0.3, 0.4) is 0 Å². The van der Waals surface area contributed by atoms with Gasteiger partial charge in [0.1, 0.15) is 0 Å². The quantitative estimate of drug-likeness (QED) is 0.846. The molecule has 0 bridgehead atoms. The molecular formula is C17H16O4. The van der Waals surface area contributed by atoms with Gasteiger partial charge in [0.05, 0.1) is 12.0 Å². The molecule has 0 saturated carbocycles. The number of carboxylic acid groups (broad SMARTS) is 2. The van der Waals surface area contributed by atoms with Crippen LogP contribution in [-0.2, 0) is 16.0 Å². The standard InChI is InChI=1S/C9H8O2.C8H8O2/c1-7(9(10)11)8-5-3-2-4-6-8;9-8(10)6-7-4-2-1-3-5-7/h2-6H,1H2,(H,10,11);1-5H,6H2,(H,9,10). The number of rotatable bonds is 4. The largest absolute Gasteiger partial charge is 0.481 e.